The van der Waals surface area contributed by atoms with Gasteiger partial charge in [-0.25, -0.2) is 18.8 Å². The van der Waals surface area contributed by atoms with E-state index in [1.807, 2.05) is 20.8 Å². The molecule has 0 amide bonds. The summed E-state index contributed by atoms with van der Waals surface area (Å²) in [5.74, 6) is 0.771. The molecule has 7 heteroatoms. The molecule has 1 aromatic carbocycles. The molecule has 0 spiro atoms. The van der Waals surface area contributed by atoms with E-state index in [0.717, 1.165) is 11.5 Å². The predicted molar refractivity (Wildman–Crippen MR) is 88.9 cm³/mol. The van der Waals surface area contributed by atoms with Crippen LogP contribution in [-0.4, -0.2) is 24.0 Å². The highest BCUT2D eigenvalue weighted by molar-refractivity contribution is 5.79. The quantitative estimate of drug-likeness (QED) is 0.629. The summed E-state index contributed by atoms with van der Waals surface area (Å²) in [4.78, 5) is 8.63. The maximum absolute atomic E-state index is 13.6. The van der Waals surface area contributed by atoms with Crippen molar-refractivity contribution >= 4 is 5.96 Å². The third kappa shape index (κ3) is 4.78. The van der Waals surface area contributed by atoms with Crippen LogP contribution in [0.15, 0.2) is 27.6 Å². The SMILES string of the molecule is CCNC(=NCc1nc(C)c(C)o1)NCCc1c(F)cccc1F. The van der Waals surface area contributed by atoms with Gasteiger partial charge >= 0.3 is 0 Å². The molecule has 0 radical (unpaired) electrons. The Labute approximate surface area is 140 Å². The number of guanidine groups is 1. The van der Waals surface area contributed by atoms with Gasteiger partial charge in [0.15, 0.2) is 5.96 Å². The maximum Gasteiger partial charge on any atom is 0.216 e. The van der Waals surface area contributed by atoms with Crippen molar-refractivity contribution in [2.24, 2.45) is 4.99 Å². The van der Waals surface area contributed by atoms with Crippen molar-refractivity contribution in [3.05, 3.63) is 52.7 Å². The van der Waals surface area contributed by atoms with Crippen LogP contribution in [0.1, 0.15) is 29.8 Å². The first kappa shape index (κ1) is 17.9. The number of nitrogens with one attached hydrogen (secondary N) is 2. The van der Waals surface area contributed by atoms with Gasteiger partial charge in [0, 0.05) is 18.7 Å². The van der Waals surface area contributed by atoms with Crippen molar-refractivity contribution in [1.29, 1.82) is 0 Å². The predicted octanol–water partition coefficient (Wildman–Crippen LogP) is 2.87. The zero-order valence-electron chi connectivity index (χ0n) is 14.1. The first-order valence-corrected chi connectivity index (χ1v) is 7.89. The second-order valence-electron chi connectivity index (χ2n) is 5.32. The number of halogens is 2. The minimum atomic E-state index is -0.538. The summed E-state index contributed by atoms with van der Waals surface area (Å²) in [6.07, 6.45) is 0.222. The van der Waals surface area contributed by atoms with Gasteiger partial charge in [-0.1, -0.05) is 6.07 Å². The lowest BCUT2D eigenvalue weighted by Gasteiger charge is -2.11. The van der Waals surface area contributed by atoms with Crippen molar-refractivity contribution in [3.8, 4) is 0 Å². The molecule has 2 aromatic rings. The Morgan fingerprint density at radius 3 is 2.50 bits per heavy atom. The van der Waals surface area contributed by atoms with Crippen LogP contribution in [0.2, 0.25) is 0 Å². The number of nitrogens with zero attached hydrogens (tertiary/aromatic N) is 2. The van der Waals surface area contributed by atoms with Gasteiger partial charge in [-0.3, -0.25) is 0 Å². The Morgan fingerprint density at radius 2 is 1.92 bits per heavy atom. The van der Waals surface area contributed by atoms with Crippen molar-refractivity contribution in [2.75, 3.05) is 13.1 Å². The maximum atomic E-state index is 13.6. The topological polar surface area (TPSA) is 62.5 Å². The summed E-state index contributed by atoms with van der Waals surface area (Å²) in [7, 11) is 0. The highest BCUT2D eigenvalue weighted by Crippen LogP contribution is 2.12. The monoisotopic (exact) mass is 336 g/mol. The lowest BCUT2D eigenvalue weighted by atomic mass is 10.1. The molecule has 0 aliphatic heterocycles. The minimum Gasteiger partial charge on any atom is -0.444 e. The van der Waals surface area contributed by atoms with Gasteiger partial charge in [0.1, 0.15) is 23.9 Å². The number of hydrogen-bond donors (Lipinski definition) is 2. The second kappa shape index (κ2) is 8.42. The minimum absolute atomic E-state index is 0.0693. The van der Waals surface area contributed by atoms with Crippen molar-refractivity contribution in [3.63, 3.8) is 0 Å². The molecule has 0 atom stereocenters. The standard InChI is InChI=1S/C17H22F2N4O/c1-4-20-17(22-10-16-23-11(2)12(3)24-16)21-9-8-13-14(18)6-5-7-15(13)19/h5-7H,4,8-10H2,1-3H3,(H2,20,21,22). The van der Waals surface area contributed by atoms with E-state index < -0.39 is 11.6 Å². The first-order valence-electron chi connectivity index (χ1n) is 7.89. The molecule has 1 aromatic heterocycles. The number of hydrogen-bond acceptors (Lipinski definition) is 3. The van der Waals surface area contributed by atoms with Crippen molar-refractivity contribution in [2.45, 2.75) is 33.7 Å². The van der Waals surface area contributed by atoms with Gasteiger partial charge in [-0.2, -0.15) is 0 Å². The average molecular weight is 336 g/mol. The average Bonchev–Trinajstić information content (AvgIpc) is 2.86. The fraction of sp³-hybridized carbons (Fsp3) is 0.412. The smallest absolute Gasteiger partial charge is 0.216 e. The van der Waals surface area contributed by atoms with Crippen LogP contribution >= 0.6 is 0 Å². The summed E-state index contributed by atoms with van der Waals surface area (Å²) in [5, 5.41) is 6.12. The van der Waals surface area contributed by atoms with E-state index in [-0.39, 0.29) is 18.5 Å². The molecule has 2 N–H and O–H groups in total. The highest BCUT2D eigenvalue weighted by atomic mass is 19.1. The van der Waals surface area contributed by atoms with Gasteiger partial charge in [0.2, 0.25) is 5.89 Å². The Kier molecular flexibility index (Phi) is 6.28. The lowest BCUT2D eigenvalue weighted by Crippen LogP contribution is -2.38. The molecule has 2 rings (SSSR count). The fourth-order valence-electron chi connectivity index (χ4n) is 2.17. The Hall–Kier alpha value is -2.44. The number of aromatic nitrogens is 1. The van der Waals surface area contributed by atoms with Gasteiger partial charge in [0.25, 0.3) is 0 Å². The fourth-order valence-corrected chi connectivity index (χ4v) is 2.17. The van der Waals surface area contributed by atoms with Crippen LogP contribution in [0.3, 0.4) is 0 Å². The summed E-state index contributed by atoms with van der Waals surface area (Å²) < 4.78 is 32.7. The van der Waals surface area contributed by atoms with E-state index in [1.165, 1.54) is 18.2 Å². The van der Waals surface area contributed by atoms with Crippen LogP contribution in [0, 0.1) is 25.5 Å². The van der Waals surface area contributed by atoms with Crippen LogP contribution in [0.5, 0.6) is 0 Å². The van der Waals surface area contributed by atoms with E-state index in [1.54, 1.807) is 0 Å². The molecule has 130 valence electrons. The highest BCUT2D eigenvalue weighted by Gasteiger charge is 2.09. The molecule has 0 aliphatic rings. The molecule has 0 saturated heterocycles. The molecule has 1 heterocycles. The van der Waals surface area contributed by atoms with Gasteiger partial charge in [-0.15, -0.1) is 0 Å². The number of rotatable bonds is 6. The van der Waals surface area contributed by atoms with Crippen molar-refractivity contribution in [1.82, 2.24) is 15.6 Å². The molecular weight excluding hydrogens is 314 g/mol. The van der Waals surface area contributed by atoms with Crippen LogP contribution < -0.4 is 10.6 Å². The Morgan fingerprint density at radius 1 is 1.21 bits per heavy atom. The van der Waals surface area contributed by atoms with E-state index in [2.05, 4.69) is 20.6 Å². The third-order valence-corrected chi connectivity index (χ3v) is 3.52. The lowest BCUT2D eigenvalue weighted by molar-refractivity contribution is 0.473. The molecule has 5 nitrogen and oxygen atoms in total. The second-order valence-corrected chi connectivity index (χ2v) is 5.32. The number of oxazole rings is 1. The summed E-state index contributed by atoms with van der Waals surface area (Å²) >= 11 is 0. The molecule has 0 saturated carbocycles. The number of aliphatic imine (C=N–C) groups is 1. The number of aryl methyl sites for hydroxylation is 2. The molecular formula is C17H22F2N4O. The van der Waals surface area contributed by atoms with Gasteiger partial charge in [-0.05, 0) is 39.3 Å². The molecule has 0 fully saturated rings. The first-order chi connectivity index (χ1) is 11.5. The molecule has 0 bridgehead atoms. The van der Waals surface area contributed by atoms with Crippen LogP contribution in [0.25, 0.3) is 0 Å². The van der Waals surface area contributed by atoms with E-state index in [0.29, 0.717) is 24.9 Å². The van der Waals surface area contributed by atoms with Gasteiger partial charge < -0.3 is 15.1 Å². The van der Waals surface area contributed by atoms with E-state index in [9.17, 15) is 8.78 Å². The number of benzene rings is 1. The van der Waals surface area contributed by atoms with Crippen molar-refractivity contribution < 1.29 is 13.2 Å². The Bertz CT molecular complexity index is 673. The molecule has 0 unspecified atom stereocenters. The summed E-state index contributed by atoms with van der Waals surface area (Å²) in [6, 6.07) is 3.86. The zero-order valence-corrected chi connectivity index (χ0v) is 14.1. The van der Waals surface area contributed by atoms with Crippen LogP contribution in [0.4, 0.5) is 8.78 Å². The van der Waals surface area contributed by atoms with E-state index >= 15 is 0 Å². The normalized spacial score (nSPS) is 11.6. The molecule has 24 heavy (non-hydrogen) atoms. The third-order valence-electron chi connectivity index (χ3n) is 3.52. The summed E-state index contributed by atoms with van der Waals surface area (Å²) in [5.41, 5.74) is 0.910. The largest absolute Gasteiger partial charge is 0.444 e. The molecule has 0 aliphatic carbocycles. The van der Waals surface area contributed by atoms with E-state index in [4.69, 9.17) is 4.42 Å². The van der Waals surface area contributed by atoms with Crippen LogP contribution in [-0.2, 0) is 13.0 Å². The Balaban J connectivity index is 1.94. The van der Waals surface area contributed by atoms with Gasteiger partial charge in [0.05, 0.1) is 5.69 Å². The zero-order chi connectivity index (χ0) is 17.5. The summed E-state index contributed by atoms with van der Waals surface area (Å²) in [6.45, 7) is 6.97.